The van der Waals surface area contributed by atoms with Crippen LogP contribution in [0.25, 0.3) is 0 Å². The molecule has 2 aromatic rings. The summed E-state index contributed by atoms with van der Waals surface area (Å²) in [7, 11) is 1.66. The molecular formula is C17H19BrO2. The number of aliphatic hydroxyl groups is 1. The van der Waals surface area contributed by atoms with E-state index in [0.717, 1.165) is 23.1 Å². The predicted octanol–water partition coefficient (Wildman–Crippen LogP) is 3.85. The minimum atomic E-state index is 0.193. The van der Waals surface area contributed by atoms with Crippen molar-refractivity contribution in [3.63, 3.8) is 0 Å². The maximum atomic E-state index is 9.58. The van der Waals surface area contributed by atoms with Gasteiger partial charge >= 0.3 is 0 Å². The number of rotatable bonds is 6. The Kier molecular flexibility index (Phi) is 5.62. The second kappa shape index (κ2) is 7.46. The molecule has 20 heavy (non-hydrogen) atoms. The van der Waals surface area contributed by atoms with Crippen LogP contribution in [0.15, 0.2) is 53.0 Å². The molecular weight excluding hydrogens is 316 g/mol. The minimum absolute atomic E-state index is 0.193. The molecule has 3 heteroatoms. The first-order chi connectivity index (χ1) is 9.72. The van der Waals surface area contributed by atoms with Gasteiger partial charge in [-0.3, -0.25) is 0 Å². The van der Waals surface area contributed by atoms with E-state index >= 15 is 0 Å². The fourth-order valence-electron chi connectivity index (χ4n) is 2.32. The van der Waals surface area contributed by atoms with E-state index in [1.807, 2.05) is 24.3 Å². The summed E-state index contributed by atoms with van der Waals surface area (Å²) >= 11 is 3.50. The molecule has 0 saturated heterocycles. The Balaban J connectivity index is 2.04. The maximum Gasteiger partial charge on any atom is 0.133 e. The lowest BCUT2D eigenvalue weighted by Gasteiger charge is -2.15. The topological polar surface area (TPSA) is 29.5 Å². The normalized spacial score (nSPS) is 12.2. The molecule has 0 fully saturated rings. The third-order valence-electron chi connectivity index (χ3n) is 3.37. The van der Waals surface area contributed by atoms with Crippen LogP contribution in [0.5, 0.6) is 5.75 Å². The Morgan fingerprint density at radius 3 is 2.35 bits per heavy atom. The van der Waals surface area contributed by atoms with Gasteiger partial charge in [-0.1, -0.05) is 36.4 Å². The average molecular weight is 335 g/mol. The molecule has 0 aliphatic heterocycles. The van der Waals surface area contributed by atoms with Gasteiger partial charge in [-0.2, -0.15) is 0 Å². The molecule has 0 amide bonds. The largest absolute Gasteiger partial charge is 0.496 e. The van der Waals surface area contributed by atoms with Crippen molar-refractivity contribution >= 4 is 15.9 Å². The van der Waals surface area contributed by atoms with Gasteiger partial charge in [0.25, 0.3) is 0 Å². The van der Waals surface area contributed by atoms with Crippen LogP contribution in [-0.2, 0) is 12.8 Å². The number of methoxy groups -OCH3 is 1. The van der Waals surface area contributed by atoms with Gasteiger partial charge in [0, 0.05) is 6.61 Å². The highest BCUT2D eigenvalue weighted by Gasteiger charge is 2.11. The maximum absolute atomic E-state index is 9.58. The van der Waals surface area contributed by atoms with Crippen LogP contribution in [0.2, 0.25) is 0 Å². The molecule has 2 nitrogen and oxygen atoms in total. The minimum Gasteiger partial charge on any atom is -0.496 e. The monoisotopic (exact) mass is 334 g/mol. The Bertz CT molecular complexity index is 540. The lowest BCUT2D eigenvalue weighted by Crippen LogP contribution is -2.13. The van der Waals surface area contributed by atoms with Crippen molar-refractivity contribution in [2.75, 3.05) is 13.7 Å². The first-order valence-electron chi connectivity index (χ1n) is 6.70. The SMILES string of the molecule is COc1ccc(CC(CO)Cc2ccccc2)cc1Br. The molecule has 106 valence electrons. The number of hydrogen-bond acceptors (Lipinski definition) is 2. The number of hydrogen-bond donors (Lipinski definition) is 1. The average Bonchev–Trinajstić information content (AvgIpc) is 2.48. The van der Waals surface area contributed by atoms with Crippen LogP contribution < -0.4 is 4.74 Å². The van der Waals surface area contributed by atoms with E-state index in [-0.39, 0.29) is 12.5 Å². The number of ether oxygens (including phenoxy) is 1. The van der Waals surface area contributed by atoms with E-state index in [4.69, 9.17) is 4.74 Å². The van der Waals surface area contributed by atoms with Crippen molar-refractivity contribution in [1.29, 1.82) is 0 Å². The van der Waals surface area contributed by atoms with E-state index in [2.05, 4.69) is 40.2 Å². The zero-order chi connectivity index (χ0) is 14.4. The Morgan fingerprint density at radius 2 is 1.75 bits per heavy atom. The summed E-state index contributed by atoms with van der Waals surface area (Å²) in [6.45, 7) is 0.193. The van der Waals surface area contributed by atoms with E-state index < -0.39 is 0 Å². The smallest absolute Gasteiger partial charge is 0.133 e. The predicted molar refractivity (Wildman–Crippen MR) is 85.1 cm³/mol. The quantitative estimate of drug-likeness (QED) is 0.869. The Morgan fingerprint density at radius 1 is 1.05 bits per heavy atom. The zero-order valence-corrected chi connectivity index (χ0v) is 13.1. The molecule has 1 atom stereocenters. The molecule has 0 aliphatic carbocycles. The molecule has 0 aliphatic rings. The molecule has 0 radical (unpaired) electrons. The highest BCUT2D eigenvalue weighted by Crippen LogP contribution is 2.27. The summed E-state index contributed by atoms with van der Waals surface area (Å²) in [6.07, 6.45) is 1.75. The fraction of sp³-hybridized carbons (Fsp3) is 0.294. The van der Waals surface area contributed by atoms with Gasteiger partial charge in [-0.05, 0) is 57.9 Å². The summed E-state index contributed by atoms with van der Waals surface area (Å²) < 4.78 is 6.18. The Hall–Kier alpha value is -1.32. The van der Waals surface area contributed by atoms with Gasteiger partial charge in [-0.15, -0.1) is 0 Å². The van der Waals surface area contributed by atoms with Crippen LogP contribution in [0.1, 0.15) is 11.1 Å². The molecule has 2 rings (SSSR count). The molecule has 1 N–H and O–H groups in total. The standard InChI is InChI=1S/C17H19BrO2/c1-20-17-8-7-14(11-16(17)18)10-15(12-19)9-13-5-3-2-4-6-13/h2-8,11,15,19H,9-10,12H2,1H3. The van der Waals surface area contributed by atoms with E-state index in [9.17, 15) is 5.11 Å². The van der Waals surface area contributed by atoms with Gasteiger partial charge in [-0.25, -0.2) is 0 Å². The molecule has 2 aromatic carbocycles. The third-order valence-corrected chi connectivity index (χ3v) is 3.99. The van der Waals surface area contributed by atoms with Crippen molar-refractivity contribution < 1.29 is 9.84 Å². The Labute approximate surface area is 128 Å². The molecule has 0 saturated carbocycles. The third kappa shape index (κ3) is 4.09. The van der Waals surface area contributed by atoms with Gasteiger partial charge in [0.15, 0.2) is 0 Å². The molecule has 0 bridgehead atoms. The summed E-state index contributed by atoms with van der Waals surface area (Å²) in [5.41, 5.74) is 2.46. The first kappa shape index (κ1) is 15.1. The van der Waals surface area contributed by atoms with Crippen molar-refractivity contribution in [3.05, 3.63) is 64.1 Å². The number of aliphatic hydroxyl groups excluding tert-OH is 1. The van der Waals surface area contributed by atoms with Crippen molar-refractivity contribution in [2.45, 2.75) is 12.8 Å². The summed E-state index contributed by atoms with van der Waals surface area (Å²) in [5.74, 6) is 1.06. The fourth-order valence-corrected chi connectivity index (χ4v) is 2.91. The summed E-state index contributed by atoms with van der Waals surface area (Å²) in [6, 6.07) is 16.4. The first-order valence-corrected chi connectivity index (χ1v) is 7.49. The van der Waals surface area contributed by atoms with Crippen LogP contribution in [-0.4, -0.2) is 18.8 Å². The molecule has 0 aromatic heterocycles. The second-order valence-electron chi connectivity index (χ2n) is 4.91. The van der Waals surface area contributed by atoms with Crippen molar-refractivity contribution in [2.24, 2.45) is 5.92 Å². The van der Waals surface area contributed by atoms with Crippen LogP contribution >= 0.6 is 15.9 Å². The molecule has 0 spiro atoms. The van der Waals surface area contributed by atoms with Gasteiger partial charge in [0.2, 0.25) is 0 Å². The zero-order valence-electron chi connectivity index (χ0n) is 11.6. The number of halogens is 1. The van der Waals surface area contributed by atoms with Crippen LogP contribution in [0.3, 0.4) is 0 Å². The highest BCUT2D eigenvalue weighted by atomic mass is 79.9. The van der Waals surface area contributed by atoms with E-state index in [1.165, 1.54) is 11.1 Å². The van der Waals surface area contributed by atoms with E-state index in [1.54, 1.807) is 7.11 Å². The van der Waals surface area contributed by atoms with Gasteiger partial charge in [0.05, 0.1) is 11.6 Å². The van der Waals surface area contributed by atoms with Crippen LogP contribution in [0, 0.1) is 5.92 Å². The molecule has 0 heterocycles. The van der Waals surface area contributed by atoms with Gasteiger partial charge in [0.1, 0.15) is 5.75 Å². The lowest BCUT2D eigenvalue weighted by atomic mass is 9.93. The van der Waals surface area contributed by atoms with Gasteiger partial charge < -0.3 is 9.84 Å². The second-order valence-corrected chi connectivity index (χ2v) is 5.77. The highest BCUT2D eigenvalue weighted by molar-refractivity contribution is 9.10. The van der Waals surface area contributed by atoms with Crippen LogP contribution in [0.4, 0.5) is 0 Å². The summed E-state index contributed by atoms with van der Waals surface area (Å²) in [4.78, 5) is 0. The van der Waals surface area contributed by atoms with Crippen molar-refractivity contribution in [3.8, 4) is 5.75 Å². The lowest BCUT2D eigenvalue weighted by molar-refractivity contribution is 0.225. The van der Waals surface area contributed by atoms with E-state index in [0.29, 0.717) is 0 Å². The summed E-state index contributed by atoms with van der Waals surface area (Å²) in [5, 5.41) is 9.58. The molecule has 1 unspecified atom stereocenters. The van der Waals surface area contributed by atoms with Crippen molar-refractivity contribution in [1.82, 2.24) is 0 Å². The number of benzene rings is 2.